The lowest BCUT2D eigenvalue weighted by Gasteiger charge is -2.16. The average Bonchev–Trinajstić information content (AvgIpc) is 2.67. The van der Waals surface area contributed by atoms with Crippen molar-refractivity contribution >= 4 is 33.4 Å². The van der Waals surface area contributed by atoms with E-state index in [-0.39, 0.29) is 17.9 Å². The SMILES string of the molecule is CCC(C)NC(=O)c1ccccc1NC(=O)c1cc(Br)ccc1OCC(C)C. The third-order valence-corrected chi connectivity index (χ3v) is 4.66. The minimum Gasteiger partial charge on any atom is -0.492 e. The summed E-state index contributed by atoms with van der Waals surface area (Å²) in [5.41, 5.74) is 1.30. The molecule has 0 aliphatic rings. The fourth-order valence-corrected chi connectivity index (χ4v) is 2.81. The number of hydrogen-bond donors (Lipinski definition) is 2. The Hall–Kier alpha value is -2.34. The zero-order chi connectivity index (χ0) is 20.7. The van der Waals surface area contributed by atoms with Gasteiger partial charge in [0.05, 0.1) is 23.4 Å². The lowest BCUT2D eigenvalue weighted by atomic mass is 10.1. The van der Waals surface area contributed by atoms with Crippen LogP contribution in [0, 0.1) is 5.92 Å². The molecule has 6 heteroatoms. The molecule has 2 amide bonds. The highest BCUT2D eigenvalue weighted by molar-refractivity contribution is 9.10. The van der Waals surface area contributed by atoms with Crippen molar-refractivity contribution in [3.05, 3.63) is 58.1 Å². The smallest absolute Gasteiger partial charge is 0.259 e. The van der Waals surface area contributed by atoms with Gasteiger partial charge in [-0.15, -0.1) is 0 Å². The van der Waals surface area contributed by atoms with Crippen molar-refractivity contribution in [2.45, 2.75) is 40.2 Å². The zero-order valence-corrected chi connectivity index (χ0v) is 18.3. The van der Waals surface area contributed by atoms with Crippen LogP contribution < -0.4 is 15.4 Å². The Morgan fingerprint density at radius 1 is 1.04 bits per heavy atom. The molecule has 2 aromatic rings. The molecule has 5 nitrogen and oxygen atoms in total. The second kappa shape index (κ2) is 10.3. The zero-order valence-electron chi connectivity index (χ0n) is 16.7. The second-order valence-electron chi connectivity index (χ2n) is 7.13. The van der Waals surface area contributed by atoms with Crippen molar-refractivity contribution in [2.75, 3.05) is 11.9 Å². The van der Waals surface area contributed by atoms with E-state index in [2.05, 4.69) is 26.6 Å². The van der Waals surface area contributed by atoms with Gasteiger partial charge in [-0.1, -0.05) is 48.8 Å². The molecule has 0 fully saturated rings. The Bertz CT molecular complexity index is 836. The Balaban J connectivity index is 2.26. The minimum absolute atomic E-state index is 0.0531. The van der Waals surface area contributed by atoms with Crippen LogP contribution in [-0.2, 0) is 0 Å². The second-order valence-corrected chi connectivity index (χ2v) is 8.04. The number of amides is 2. The largest absolute Gasteiger partial charge is 0.492 e. The molecule has 1 atom stereocenters. The summed E-state index contributed by atoms with van der Waals surface area (Å²) in [7, 11) is 0. The number of para-hydroxylation sites is 1. The van der Waals surface area contributed by atoms with E-state index in [1.807, 2.05) is 33.8 Å². The van der Waals surface area contributed by atoms with E-state index >= 15 is 0 Å². The number of carbonyl (C=O) groups excluding carboxylic acids is 2. The maximum atomic E-state index is 12.9. The molecule has 0 aliphatic heterocycles. The molecule has 2 N–H and O–H groups in total. The van der Waals surface area contributed by atoms with Gasteiger partial charge in [0.25, 0.3) is 11.8 Å². The third kappa shape index (κ3) is 6.09. The first-order valence-electron chi connectivity index (χ1n) is 9.45. The van der Waals surface area contributed by atoms with Gasteiger partial charge < -0.3 is 15.4 Å². The van der Waals surface area contributed by atoms with E-state index in [4.69, 9.17) is 4.74 Å². The summed E-state index contributed by atoms with van der Waals surface area (Å²) in [6.45, 7) is 8.55. The molecule has 0 aromatic heterocycles. The lowest BCUT2D eigenvalue weighted by molar-refractivity contribution is 0.0940. The topological polar surface area (TPSA) is 67.4 Å². The van der Waals surface area contributed by atoms with Crippen LogP contribution in [0.15, 0.2) is 46.9 Å². The van der Waals surface area contributed by atoms with Gasteiger partial charge in [-0.05, 0) is 49.6 Å². The lowest BCUT2D eigenvalue weighted by Crippen LogP contribution is -2.32. The first kappa shape index (κ1) is 22.0. The predicted octanol–water partition coefficient (Wildman–Crippen LogP) is 5.26. The maximum Gasteiger partial charge on any atom is 0.259 e. The molecule has 0 radical (unpaired) electrons. The molecule has 0 bridgehead atoms. The van der Waals surface area contributed by atoms with Crippen molar-refractivity contribution < 1.29 is 14.3 Å². The van der Waals surface area contributed by atoms with Crippen molar-refractivity contribution in [2.24, 2.45) is 5.92 Å². The van der Waals surface area contributed by atoms with Gasteiger partial charge in [0.1, 0.15) is 5.75 Å². The van der Waals surface area contributed by atoms with E-state index in [0.717, 1.165) is 10.9 Å². The summed E-state index contributed by atoms with van der Waals surface area (Å²) in [6, 6.07) is 12.3. The third-order valence-electron chi connectivity index (χ3n) is 4.17. The van der Waals surface area contributed by atoms with E-state index in [9.17, 15) is 9.59 Å². The van der Waals surface area contributed by atoms with E-state index in [1.54, 1.807) is 36.4 Å². The number of anilines is 1. The van der Waals surface area contributed by atoms with Crippen LogP contribution in [-0.4, -0.2) is 24.5 Å². The summed E-state index contributed by atoms with van der Waals surface area (Å²) in [5.74, 6) is 0.306. The number of hydrogen-bond acceptors (Lipinski definition) is 3. The van der Waals surface area contributed by atoms with E-state index in [0.29, 0.717) is 35.1 Å². The normalized spacial score (nSPS) is 11.8. The fraction of sp³-hybridized carbons (Fsp3) is 0.364. The van der Waals surface area contributed by atoms with Crippen LogP contribution in [0.25, 0.3) is 0 Å². The van der Waals surface area contributed by atoms with Crippen LogP contribution in [0.1, 0.15) is 54.8 Å². The van der Waals surface area contributed by atoms with Crippen molar-refractivity contribution in [1.29, 1.82) is 0 Å². The molecule has 0 heterocycles. The Morgan fingerprint density at radius 3 is 2.43 bits per heavy atom. The van der Waals surface area contributed by atoms with Crippen LogP contribution in [0.4, 0.5) is 5.69 Å². The van der Waals surface area contributed by atoms with E-state index in [1.165, 1.54) is 0 Å². The number of ether oxygens (including phenoxy) is 1. The standard InChI is InChI=1S/C22H27BrN2O3/c1-5-15(4)24-21(26)17-8-6-7-9-19(17)25-22(27)18-12-16(23)10-11-20(18)28-13-14(2)3/h6-12,14-15H,5,13H2,1-4H3,(H,24,26)(H,25,27). The van der Waals surface area contributed by atoms with Gasteiger partial charge in [0.2, 0.25) is 0 Å². The van der Waals surface area contributed by atoms with Gasteiger partial charge >= 0.3 is 0 Å². The highest BCUT2D eigenvalue weighted by atomic mass is 79.9. The van der Waals surface area contributed by atoms with Crippen molar-refractivity contribution in [3.63, 3.8) is 0 Å². The monoisotopic (exact) mass is 446 g/mol. The Labute approximate surface area is 175 Å². The van der Waals surface area contributed by atoms with Gasteiger partial charge in [-0.3, -0.25) is 9.59 Å². The van der Waals surface area contributed by atoms with E-state index < -0.39 is 0 Å². The molecular weight excluding hydrogens is 420 g/mol. The summed E-state index contributed by atoms with van der Waals surface area (Å²) in [4.78, 5) is 25.5. The molecule has 2 aromatic carbocycles. The summed E-state index contributed by atoms with van der Waals surface area (Å²) in [5, 5.41) is 5.78. The first-order valence-corrected chi connectivity index (χ1v) is 10.2. The summed E-state index contributed by atoms with van der Waals surface area (Å²) < 4.78 is 6.57. The summed E-state index contributed by atoms with van der Waals surface area (Å²) in [6.07, 6.45) is 0.828. The highest BCUT2D eigenvalue weighted by Gasteiger charge is 2.18. The van der Waals surface area contributed by atoms with Crippen molar-refractivity contribution in [3.8, 4) is 5.75 Å². The molecule has 0 spiro atoms. The van der Waals surface area contributed by atoms with Crippen LogP contribution >= 0.6 is 15.9 Å². The predicted molar refractivity (Wildman–Crippen MR) is 116 cm³/mol. The maximum absolute atomic E-state index is 12.9. The van der Waals surface area contributed by atoms with Gasteiger partial charge in [-0.2, -0.15) is 0 Å². The van der Waals surface area contributed by atoms with Gasteiger partial charge in [0.15, 0.2) is 0 Å². The molecule has 0 saturated carbocycles. The average molecular weight is 447 g/mol. The number of nitrogens with one attached hydrogen (secondary N) is 2. The van der Waals surface area contributed by atoms with Gasteiger partial charge in [-0.25, -0.2) is 0 Å². The fourth-order valence-electron chi connectivity index (χ4n) is 2.45. The minimum atomic E-state index is -0.330. The Morgan fingerprint density at radius 2 is 1.75 bits per heavy atom. The summed E-state index contributed by atoms with van der Waals surface area (Å²) >= 11 is 3.40. The number of halogens is 1. The quantitative estimate of drug-likeness (QED) is 0.580. The molecule has 150 valence electrons. The molecular formula is C22H27BrN2O3. The highest BCUT2D eigenvalue weighted by Crippen LogP contribution is 2.26. The van der Waals surface area contributed by atoms with Crippen LogP contribution in [0.5, 0.6) is 5.75 Å². The van der Waals surface area contributed by atoms with Gasteiger partial charge in [0, 0.05) is 10.5 Å². The Kier molecular flexibility index (Phi) is 8.05. The molecule has 0 saturated heterocycles. The molecule has 1 unspecified atom stereocenters. The first-order chi connectivity index (χ1) is 13.3. The molecule has 28 heavy (non-hydrogen) atoms. The number of benzene rings is 2. The molecule has 0 aliphatic carbocycles. The molecule has 2 rings (SSSR count). The number of rotatable bonds is 8. The van der Waals surface area contributed by atoms with Crippen LogP contribution in [0.2, 0.25) is 0 Å². The number of carbonyl (C=O) groups is 2. The van der Waals surface area contributed by atoms with Crippen LogP contribution in [0.3, 0.4) is 0 Å². The van der Waals surface area contributed by atoms with Crippen molar-refractivity contribution in [1.82, 2.24) is 5.32 Å².